The first kappa shape index (κ1) is 27.8. The number of fused-ring (bicyclic) bond motifs is 3. The lowest BCUT2D eigenvalue weighted by Crippen LogP contribution is -2.22. The molecule has 3 nitrogen and oxygen atoms in total. The molecule has 2 aromatic carbocycles. The zero-order chi connectivity index (χ0) is 21.5. The Labute approximate surface area is 205 Å². The van der Waals surface area contributed by atoms with E-state index in [1.807, 2.05) is 36.4 Å². The number of hydrogen-bond donors (Lipinski definition) is 0. The van der Waals surface area contributed by atoms with Crippen LogP contribution in [0.15, 0.2) is 36.4 Å². The Hall–Kier alpha value is -2.27. The highest BCUT2D eigenvalue weighted by Crippen LogP contribution is 2.37. The predicted octanol–water partition coefficient (Wildman–Crippen LogP) is 5.13. The van der Waals surface area contributed by atoms with Crippen molar-refractivity contribution in [1.29, 1.82) is 0 Å². The van der Waals surface area contributed by atoms with Crippen molar-refractivity contribution in [1.82, 2.24) is 9.80 Å². The molecule has 5 heteroatoms. The van der Waals surface area contributed by atoms with Crippen LogP contribution in [0.3, 0.4) is 0 Å². The number of nitrogens with zero attached hydrogens (tertiary/aromatic N) is 2. The summed E-state index contributed by atoms with van der Waals surface area (Å²) in [5.74, 6) is 12.9. The van der Waals surface area contributed by atoms with E-state index >= 15 is 0 Å². The summed E-state index contributed by atoms with van der Waals surface area (Å²) in [6, 6.07) is 11.9. The molecule has 0 unspecified atom stereocenters. The summed E-state index contributed by atoms with van der Waals surface area (Å²) >= 11 is 0. The van der Waals surface area contributed by atoms with Gasteiger partial charge in [-0.1, -0.05) is 63.5 Å². The maximum absolute atomic E-state index is 13.0. The van der Waals surface area contributed by atoms with Crippen molar-refractivity contribution in [3.05, 3.63) is 58.7 Å². The highest BCUT2D eigenvalue weighted by molar-refractivity contribution is 6.22. The Morgan fingerprint density at radius 1 is 0.625 bits per heavy atom. The third kappa shape index (κ3) is 6.38. The molecular weight excluding hydrogens is 439 g/mol. The average molecular weight is 471 g/mol. The van der Waals surface area contributed by atoms with E-state index in [1.54, 1.807) is 0 Å². The standard InChI is InChI=1S/C27H30N2O.2ClH/c1-5-28(6-2)17-9-11-21-13-15-23-24-16-14-22(12-10-18-29(7-3)8-4)20-26(24)27(30)25(23)19-21;;/h13-16,19-20H,5-8,17-18H2,1-4H3;2*1H. The maximum atomic E-state index is 13.0. The minimum Gasteiger partial charge on any atom is -0.293 e. The molecule has 0 spiro atoms. The van der Waals surface area contributed by atoms with Gasteiger partial charge in [-0.25, -0.2) is 0 Å². The van der Waals surface area contributed by atoms with Crippen molar-refractivity contribution >= 4 is 30.6 Å². The summed E-state index contributed by atoms with van der Waals surface area (Å²) in [5.41, 5.74) is 5.25. The lowest BCUT2D eigenvalue weighted by molar-refractivity contribution is 0.104. The maximum Gasteiger partial charge on any atom is 0.194 e. The highest BCUT2D eigenvalue weighted by Gasteiger charge is 2.26. The molecule has 0 heterocycles. The lowest BCUT2D eigenvalue weighted by Gasteiger charge is -2.13. The third-order valence-corrected chi connectivity index (χ3v) is 5.68. The fourth-order valence-electron chi connectivity index (χ4n) is 3.64. The number of carbonyl (C=O) groups is 1. The van der Waals surface area contributed by atoms with Crippen LogP contribution in [0.1, 0.15) is 54.7 Å². The lowest BCUT2D eigenvalue weighted by atomic mass is 10.0. The molecular formula is C27H32Cl2N2O. The van der Waals surface area contributed by atoms with Crippen LogP contribution in [-0.2, 0) is 0 Å². The second-order valence-corrected chi connectivity index (χ2v) is 7.38. The summed E-state index contributed by atoms with van der Waals surface area (Å²) < 4.78 is 0. The normalized spacial score (nSPS) is 10.9. The molecule has 0 fully saturated rings. The number of benzene rings is 2. The van der Waals surface area contributed by atoms with Gasteiger partial charge in [0.2, 0.25) is 0 Å². The molecule has 0 saturated carbocycles. The first-order chi connectivity index (χ1) is 14.6. The Balaban J connectivity index is 0.00000256. The summed E-state index contributed by atoms with van der Waals surface area (Å²) in [4.78, 5) is 17.6. The summed E-state index contributed by atoms with van der Waals surface area (Å²) in [6.07, 6.45) is 0. The second-order valence-electron chi connectivity index (χ2n) is 7.38. The van der Waals surface area contributed by atoms with Crippen molar-refractivity contribution in [3.8, 4) is 34.8 Å². The topological polar surface area (TPSA) is 23.6 Å². The molecule has 0 atom stereocenters. The Bertz CT molecular complexity index is 965. The monoisotopic (exact) mass is 470 g/mol. The van der Waals surface area contributed by atoms with E-state index in [-0.39, 0.29) is 30.6 Å². The molecule has 1 aliphatic carbocycles. The number of rotatable bonds is 6. The van der Waals surface area contributed by atoms with Crippen LogP contribution in [0, 0.1) is 23.7 Å². The van der Waals surface area contributed by atoms with Crippen LogP contribution in [-0.4, -0.2) is 54.9 Å². The highest BCUT2D eigenvalue weighted by atomic mass is 35.5. The largest absolute Gasteiger partial charge is 0.293 e. The number of ketones is 1. The molecule has 0 aromatic heterocycles. The second kappa shape index (κ2) is 13.3. The molecule has 32 heavy (non-hydrogen) atoms. The minimum atomic E-state index is 0. The van der Waals surface area contributed by atoms with E-state index in [0.29, 0.717) is 0 Å². The Kier molecular flexibility index (Phi) is 11.6. The van der Waals surface area contributed by atoms with Gasteiger partial charge >= 0.3 is 0 Å². The molecule has 0 N–H and O–H groups in total. The smallest absolute Gasteiger partial charge is 0.194 e. The predicted molar refractivity (Wildman–Crippen MR) is 139 cm³/mol. The van der Waals surface area contributed by atoms with Gasteiger partial charge in [0.05, 0.1) is 13.1 Å². The Morgan fingerprint density at radius 3 is 1.34 bits per heavy atom. The molecule has 0 aliphatic heterocycles. The van der Waals surface area contributed by atoms with E-state index in [9.17, 15) is 4.79 Å². The van der Waals surface area contributed by atoms with E-state index in [4.69, 9.17) is 0 Å². The first-order valence-corrected chi connectivity index (χ1v) is 10.9. The summed E-state index contributed by atoms with van der Waals surface area (Å²) in [7, 11) is 0. The van der Waals surface area contributed by atoms with Crippen LogP contribution in [0.5, 0.6) is 0 Å². The summed E-state index contributed by atoms with van der Waals surface area (Å²) in [6.45, 7) is 14.0. The van der Waals surface area contributed by atoms with Gasteiger partial charge in [-0.3, -0.25) is 14.6 Å². The van der Waals surface area contributed by atoms with E-state index in [0.717, 1.165) is 72.6 Å². The van der Waals surface area contributed by atoms with Crippen molar-refractivity contribution < 1.29 is 4.79 Å². The number of hydrogen-bond acceptors (Lipinski definition) is 3. The summed E-state index contributed by atoms with van der Waals surface area (Å²) in [5, 5.41) is 0. The van der Waals surface area contributed by atoms with E-state index < -0.39 is 0 Å². The van der Waals surface area contributed by atoms with Crippen LogP contribution in [0.25, 0.3) is 11.1 Å². The molecule has 170 valence electrons. The van der Waals surface area contributed by atoms with E-state index in [2.05, 4.69) is 61.2 Å². The van der Waals surface area contributed by atoms with Crippen LogP contribution in [0.4, 0.5) is 0 Å². The van der Waals surface area contributed by atoms with Gasteiger partial charge in [0.1, 0.15) is 0 Å². The third-order valence-electron chi connectivity index (χ3n) is 5.68. The average Bonchev–Trinajstić information content (AvgIpc) is 3.05. The van der Waals surface area contributed by atoms with Gasteiger partial charge in [-0.05, 0) is 61.6 Å². The van der Waals surface area contributed by atoms with Gasteiger partial charge in [0, 0.05) is 22.3 Å². The quantitative estimate of drug-likeness (QED) is 0.466. The fourth-order valence-corrected chi connectivity index (χ4v) is 3.64. The number of carbonyl (C=O) groups excluding carboxylic acids is 1. The van der Waals surface area contributed by atoms with Gasteiger partial charge < -0.3 is 0 Å². The van der Waals surface area contributed by atoms with Crippen molar-refractivity contribution in [2.24, 2.45) is 0 Å². The van der Waals surface area contributed by atoms with Crippen LogP contribution < -0.4 is 0 Å². The molecule has 0 saturated heterocycles. The molecule has 1 aliphatic rings. The van der Waals surface area contributed by atoms with Crippen molar-refractivity contribution in [3.63, 3.8) is 0 Å². The van der Waals surface area contributed by atoms with Gasteiger partial charge in [-0.15, -0.1) is 24.8 Å². The number of halogens is 2. The van der Waals surface area contributed by atoms with Gasteiger partial charge in [0.25, 0.3) is 0 Å². The van der Waals surface area contributed by atoms with Crippen LogP contribution in [0.2, 0.25) is 0 Å². The molecule has 0 amide bonds. The van der Waals surface area contributed by atoms with E-state index in [1.165, 1.54) is 0 Å². The molecule has 2 aromatic rings. The van der Waals surface area contributed by atoms with Crippen LogP contribution >= 0.6 is 24.8 Å². The molecule has 3 rings (SSSR count). The molecule has 0 bridgehead atoms. The zero-order valence-corrected chi connectivity index (χ0v) is 21.0. The van der Waals surface area contributed by atoms with Crippen molar-refractivity contribution in [2.45, 2.75) is 27.7 Å². The van der Waals surface area contributed by atoms with Crippen molar-refractivity contribution in [2.75, 3.05) is 39.3 Å². The molecule has 0 radical (unpaired) electrons. The SMILES string of the molecule is CCN(CC)CC#Cc1ccc2c(c1)C(=O)c1cc(C#CCN(CC)CC)ccc1-2.Cl.Cl. The van der Waals surface area contributed by atoms with Gasteiger partial charge in [0.15, 0.2) is 5.78 Å². The first-order valence-electron chi connectivity index (χ1n) is 10.9. The Morgan fingerprint density at radius 2 is 1.00 bits per heavy atom. The van der Waals surface area contributed by atoms with Gasteiger partial charge in [-0.2, -0.15) is 0 Å². The minimum absolute atomic E-state index is 0. The fraction of sp³-hybridized carbons (Fsp3) is 0.370. The zero-order valence-electron chi connectivity index (χ0n) is 19.3.